The van der Waals surface area contributed by atoms with Crippen LogP contribution in [0.3, 0.4) is 0 Å². The van der Waals surface area contributed by atoms with Crippen molar-refractivity contribution in [2.45, 2.75) is 64.1 Å². The molecule has 1 fully saturated rings. The number of aliphatic hydroxyl groups is 1. The van der Waals surface area contributed by atoms with Gasteiger partial charge in [0.1, 0.15) is 5.69 Å². The van der Waals surface area contributed by atoms with Crippen LogP contribution in [0.25, 0.3) is 0 Å². The standard InChI is InChI=1S/C16H24N2O3/c1-12(2)21-15-13(7-6-10-17-15)18-14(19)11-16(20)8-4-3-5-9-16/h6-7,10,12,20H,3-5,8-9,11H2,1-2H3,(H,18,19). The van der Waals surface area contributed by atoms with Gasteiger partial charge in [-0.15, -0.1) is 0 Å². The van der Waals surface area contributed by atoms with Crippen LogP contribution in [-0.2, 0) is 4.79 Å². The van der Waals surface area contributed by atoms with Crippen molar-refractivity contribution >= 4 is 11.6 Å². The van der Waals surface area contributed by atoms with Crippen LogP contribution >= 0.6 is 0 Å². The van der Waals surface area contributed by atoms with Crippen LogP contribution in [0.5, 0.6) is 5.88 Å². The molecule has 0 radical (unpaired) electrons. The minimum Gasteiger partial charge on any atom is -0.473 e. The molecular formula is C16H24N2O3. The molecule has 0 unspecified atom stereocenters. The maximum Gasteiger partial charge on any atom is 0.238 e. The molecule has 0 aliphatic heterocycles. The zero-order valence-corrected chi connectivity index (χ0v) is 12.8. The molecule has 0 bridgehead atoms. The van der Waals surface area contributed by atoms with Crippen LogP contribution in [0.1, 0.15) is 52.4 Å². The van der Waals surface area contributed by atoms with Crippen molar-refractivity contribution in [1.82, 2.24) is 4.98 Å². The summed E-state index contributed by atoms with van der Waals surface area (Å²) in [5, 5.41) is 13.2. The van der Waals surface area contributed by atoms with Crippen LogP contribution in [0, 0.1) is 0 Å². The predicted molar refractivity (Wildman–Crippen MR) is 81.3 cm³/mol. The Morgan fingerprint density at radius 3 is 2.81 bits per heavy atom. The van der Waals surface area contributed by atoms with Gasteiger partial charge < -0.3 is 15.2 Å². The number of nitrogens with one attached hydrogen (secondary N) is 1. The van der Waals surface area contributed by atoms with E-state index in [-0.39, 0.29) is 18.4 Å². The maximum atomic E-state index is 12.2. The number of rotatable bonds is 5. The molecule has 0 spiro atoms. The monoisotopic (exact) mass is 292 g/mol. The molecule has 1 aliphatic rings. The molecule has 1 aromatic heterocycles. The number of aromatic nitrogens is 1. The highest BCUT2D eigenvalue weighted by Gasteiger charge is 2.31. The molecule has 5 nitrogen and oxygen atoms in total. The number of hydrogen-bond donors (Lipinski definition) is 2. The minimum atomic E-state index is -0.858. The summed E-state index contributed by atoms with van der Waals surface area (Å²) in [6, 6.07) is 3.51. The number of carbonyl (C=O) groups is 1. The summed E-state index contributed by atoms with van der Waals surface area (Å²) in [5.41, 5.74) is -0.306. The van der Waals surface area contributed by atoms with Crippen LogP contribution in [0.15, 0.2) is 18.3 Å². The minimum absolute atomic E-state index is 0.0157. The lowest BCUT2D eigenvalue weighted by molar-refractivity contribution is -0.122. The van der Waals surface area contributed by atoms with E-state index in [0.717, 1.165) is 19.3 Å². The molecule has 116 valence electrons. The van der Waals surface area contributed by atoms with Crippen molar-refractivity contribution in [3.63, 3.8) is 0 Å². The molecule has 1 aromatic rings. The topological polar surface area (TPSA) is 71.5 Å². The van der Waals surface area contributed by atoms with E-state index < -0.39 is 5.60 Å². The Kier molecular flexibility index (Phi) is 5.17. The summed E-state index contributed by atoms with van der Waals surface area (Å²) >= 11 is 0. The largest absolute Gasteiger partial charge is 0.473 e. The third-order valence-corrected chi connectivity index (χ3v) is 3.67. The van der Waals surface area contributed by atoms with Gasteiger partial charge in [-0.05, 0) is 38.8 Å². The first-order valence-electron chi connectivity index (χ1n) is 7.62. The molecule has 21 heavy (non-hydrogen) atoms. The summed E-state index contributed by atoms with van der Waals surface area (Å²) in [7, 11) is 0. The molecule has 1 amide bonds. The molecule has 1 heterocycles. The van der Waals surface area contributed by atoms with Gasteiger partial charge in [-0.25, -0.2) is 4.98 Å². The lowest BCUT2D eigenvalue weighted by Gasteiger charge is -2.31. The van der Waals surface area contributed by atoms with E-state index in [9.17, 15) is 9.90 Å². The zero-order valence-electron chi connectivity index (χ0n) is 12.8. The Morgan fingerprint density at radius 2 is 2.14 bits per heavy atom. The Morgan fingerprint density at radius 1 is 1.43 bits per heavy atom. The van der Waals surface area contributed by atoms with Gasteiger partial charge in [0, 0.05) is 6.20 Å². The van der Waals surface area contributed by atoms with Crippen LogP contribution in [-0.4, -0.2) is 27.7 Å². The smallest absolute Gasteiger partial charge is 0.238 e. The van der Waals surface area contributed by atoms with Crippen molar-refractivity contribution in [3.05, 3.63) is 18.3 Å². The highest BCUT2D eigenvalue weighted by atomic mass is 16.5. The summed E-state index contributed by atoms with van der Waals surface area (Å²) < 4.78 is 5.57. The molecule has 0 saturated heterocycles. The Balaban J connectivity index is 1.99. The first-order valence-corrected chi connectivity index (χ1v) is 7.62. The summed E-state index contributed by atoms with van der Waals surface area (Å²) in [6.45, 7) is 3.82. The normalized spacial score (nSPS) is 17.5. The Hall–Kier alpha value is -1.62. The first-order chi connectivity index (χ1) is 9.98. The van der Waals surface area contributed by atoms with Gasteiger partial charge in [0.05, 0.1) is 18.1 Å². The number of ether oxygens (including phenoxy) is 1. The average molecular weight is 292 g/mol. The van der Waals surface area contributed by atoms with Gasteiger partial charge in [0.25, 0.3) is 0 Å². The highest BCUT2D eigenvalue weighted by Crippen LogP contribution is 2.31. The molecule has 2 rings (SSSR count). The van der Waals surface area contributed by atoms with E-state index in [0.29, 0.717) is 24.4 Å². The number of nitrogens with zero attached hydrogens (tertiary/aromatic N) is 1. The molecule has 5 heteroatoms. The third-order valence-electron chi connectivity index (χ3n) is 3.67. The summed E-state index contributed by atoms with van der Waals surface area (Å²) in [6.07, 6.45) is 6.24. The Bertz CT molecular complexity index is 482. The van der Waals surface area contributed by atoms with Crippen LogP contribution in [0.4, 0.5) is 5.69 Å². The molecule has 0 aromatic carbocycles. The zero-order chi connectivity index (χ0) is 15.3. The molecular weight excluding hydrogens is 268 g/mol. The van der Waals surface area contributed by atoms with Crippen molar-refractivity contribution in [1.29, 1.82) is 0 Å². The van der Waals surface area contributed by atoms with E-state index in [1.54, 1.807) is 18.3 Å². The first kappa shape index (κ1) is 15.8. The quantitative estimate of drug-likeness (QED) is 0.875. The van der Waals surface area contributed by atoms with Gasteiger partial charge in [0.2, 0.25) is 11.8 Å². The second kappa shape index (κ2) is 6.89. The number of hydrogen-bond acceptors (Lipinski definition) is 4. The van der Waals surface area contributed by atoms with E-state index in [1.807, 2.05) is 13.8 Å². The second-order valence-electron chi connectivity index (χ2n) is 6.03. The van der Waals surface area contributed by atoms with Gasteiger partial charge in [0.15, 0.2) is 0 Å². The van der Waals surface area contributed by atoms with Crippen molar-refractivity contribution in [3.8, 4) is 5.88 Å². The van der Waals surface area contributed by atoms with Crippen molar-refractivity contribution < 1.29 is 14.6 Å². The number of amides is 1. The van der Waals surface area contributed by atoms with E-state index >= 15 is 0 Å². The molecule has 1 saturated carbocycles. The summed E-state index contributed by atoms with van der Waals surface area (Å²) in [5.74, 6) is 0.220. The maximum absolute atomic E-state index is 12.2. The van der Waals surface area contributed by atoms with Crippen molar-refractivity contribution in [2.75, 3.05) is 5.32 Å². The van der Waals surface area contributed by atoms with Crippen LogP contribution < -0.4 is 10.1 Å². The van der Waals surface area contributed by atoms with E-state index in [4.69, 9.17) is 4.74 Å². The lowest BCUT2D eigenvalue weighted by atomic mass is 9.82. The molecule has 1 aliphatic carbocycles. The van der Waals surface area contributed by atoms with E-state index in [1.165, 1.54) is 0 Å². The highest BCUT2D eigenvalue weighted by molar-refractivity contribution is 5.92. The third kappa shape index (κ3) is 4.70. The summed E-state index contributed by atoms with van der Waals surface area (Å²) in [4.78, 5) is 16.3. The lowest BCUT2D eigenvalue weighted by Crippen LogP contribution is -2.36. The SMILES string of the molecule is CC(C)Oc1ncccc1NC(=O)CC1(O)CCCCC1. The fraction of sp³-hybridized carbons (Fsp3) is 0.625. The molecule has 2 N–H and O–H groups in total. The predicted octanol–water partition coefficient (Wildman–Crippen LogP) is 2.89. The van der Waals surface area contributed by atoms with E-state index in [2.05, 4.69) is 10.3 Å². The fourth-order valence-corrected chi connectivity index (χ4v) is 2.68. The van der Waals surface area contributed by atoms with Crippen LogP contribution in [0.2, 0.25) is 0 Å². The average Bonchev–Trinajstić information content (AvgIpc) is 2.40. The Labute approximate surface area is 125 Å². The number of anilines is 1. The van der Waals surface area contributed by atoms with Gasteiger partial charge in [-0.2, -0.15) is 0 Å². The van der Waals surface area contributed by atoms with Gasteiger partial charge in [-0.3, -0.25) is 4.79 Å². The van der Waals surface area contributed by atoms with Crippen molar-refractivity contribution in [2.24, 2.45) is 0 Å². The number of pyridine rings is 1. The molecule has 0 atom stereocenters. The fourth-order valence-electron chi connectivity index (χ4n) is 2.68. The van der Waals surface area contributed by atoms with Gasteiger partial charge in [-0.1, -0.05) is 19.3 Å². The number of carbonyl (C=O) groups excluding carboxylic acids is 1. The van der Waals surface area contributed by atoms with Gasteiger partial charge >= 0.3 is 0 Å². The second-order valence-corrected chi connectivity index (χ2v) is 6.03.